The smallest absolute Gasteiger partial charge is 0.194 e. The SMILES string of the molecule is C=CC[N+]12C3C[C@H](C4C(O)[C@]5(C[C@@H]41)c1ccccc1N(C)[C@@H]35)[C@H](CC)[C@H]2O. The Kier molecular flexibility index (Phi) is 3.05. The highest BCUT2D eigenvalue weighted by Crippen LogP contribution is 2.71. The molecule has 4 heteroatoms. The molecule has 4 nitrogen and oxygen atoms in total. The highest BCUT2D eigenvalue weighted by atomic mass is 16.3. The number of hydrogen-bond donors (Lipinski definition) is 2. The van der Waals surface area contributed by atoms with Crippen molar-refractivity contribution in [3.63, 3.8) is 0 Å². The van der Waals surface area contributed by atoms with E-state index in [1.807, 2.05) is 6.08 Å². The van der Waals surface area contributed by atoms with Crippen LogP contribution in [0.1, 0.15) is 31.7 Å². The molecule has 5 bridgehead atoms. The Hall–Kier alpha value is -1.36. The summed E-state index contributed by atoms with van der Waals surface area (Å²) in [5.74, 6) is 1.05. The first-order chi connectivity index (χ1) is 13.0. The number of hydrogen-bond acceptors (Lipinski definition) is 3. The molecule has 5 heterocycles. The van der Waals surface area contributed by atoms with Gasteiger partial charge in [-0.2, -0.15) is 0 Å². The van der Waals surface area contributed by atoms with Crippen LogP contribution in [0, 0.1) is 17.8 Å². The zero-order valence-electron chi connectivity index (χ0n) is 16.3. The number of anilines is 1. The second kappa shape index (κ2) is 4.97. The van der Waals surface area contributed by atoms with Crippen molar-refractivity contribution < 1.29 is 14.7 Å². The normalized spacial score (nSPS) is 53.6. The molecule has 10 atom stereocenters. The Balaban J connectivity index is 1.63. The van der Waals surface area contributed by atoms with Crippen LogP contribution in [0.15, 0.2) is 36.9 Å². The predicted octanol–water partition coefficient (Wildman–Crippen LogP) is 2.26. The molecule has 4 saturated heterocycles. The highest BCUT2D eigenvalue weighted by molar-refractivity contribution is 5.66. The van der Waals surface area contributed by atoms with Crippen LogP contribution >= 0.6 is 0 Å². The van der Waals surface area contributed by atoms with E-state index in [-0.39, 0.29) is 23.8 Å². The number of aliphatic hydroxyl groups is 2. The Morgan fingerprint density at radius 1 is 1.30 bits per heavy atom. The minimum Gasteiger partial charge on any atom is -0.392 e. The summed E-state index contributed by atoms with van der Waals surface area (Å²) in [4.78, 5) is 2.44. The Morgan fingerprint density at radius 3 is 2.81 bits per heavy atom. The van der Waals surface area contributed by atoms with E-state index in [0.29, 0.717) is 29.8 Å². The van der Waals surface area contributed by atoms with Gasteiger partial charge in [0.15, 0.2) is 6.23 Å². The van der Waals surface area contributed by atoms with Crippen LogP contribution in [-0.2, 0) is 5.41 Å². The summed E-state index contributed by atoms with van der Waals surface area (Å²) < 4.78 is 0.755. The molecule has 2 N–H and O–H groups in total. The van der Waals surface area contributed by atoms with Gasteiger partial charge in [-0.05, 0) is 30.0 Å². The zero-order chi connectivity index (χ0) is 18.7. The fourth-order valence-electron chi connectivity index (χ4n) is 8.98. The van der Waals surface area contributed by atoms with Crippen LogP contribution in [0.3, 0.4) is 0 Å². The number of likely N-dealkylation sites (N-methyl/N-ethyl adjacent to an activating group) is 1. The van der Waals surface area contributed by atoms with E-state index in [0.717, 1.165) is 30.3 Å². The van der Waals surface area contributed by atoms with Crippen molar-refractivity contribution in [1.29, 1.82) is 0 Å². The lowest BCUT2D eigenvalue weighted by Gasteiger charge is -2.67. The lowest BCUT2D eigenvalue weighted by atomic mass is 9.60. The molecular weight excluding hydrogens is 336 g/mol. The number of rotatable bonds is 3. The first-order valence-corrected chi connectivity index (χ1v) is 10.7. The fraction of sp³-hybridized carbons (Fsp3) is 0.652. The average Bonchev–Trinajstić information content (AvgIpc) is 3.06. The molecule has 7 rings (SSSR count). The fourth-order valence-corrected chi connectivity index (χ4v) is 8.98. The van der Waals surface area contributed by atoms with Gasteiger partial charge in [-0.3, -0.25) is 4.48 Å². The first-order valence-electron chi connectivity index (χ1n) is 10.7. The van der Waals surface area contributed by atoms with Gasteiger partial charge in [0.05, 0.1) is 30.1 Å². The van der Waals surface area contributed by atoms with Gasteiger partial charge in [-0.1, -0.05) is 31.7 Å². The Bertz CT molecular complexity index is 826. The number of fused-ring (bicyclic) bond motifs is 2. The van der Waals surface area contributed by atoms with Gasteiger partial charge in [0.25, 0.3) is 0 Å². The van der Waals surface area contributed by atoms with Crippen LogP contribution in [0.25, 0.3) is 0 Å². The summed E-state index contributed by atoms with van der Waals surface area (Å²) in [6, 6.07) is 9.71. The van der Waals surface area contributed by atoms with Crippen molar-refractivity contribution in [2.24, 2.45) is 17.8 Å². The molecule has 1 aromatic carbocycles. The van der Waals surface area contributed by atoms with E-state index in [4.69, 9.17) is 0 Å². The molecule has 1 spiro atoms. The van der Waals surface area contributed by atoms with E-state index in [2.05, 4.69) is 49.7 Å². The Morgan fingerprint density at radius 2 is 2.07 bits per heavy atom. The summed E-state index contributed by atoms with van der Waals surface area (Å²) in [7, 11) is 2.21. The van der Waals surface area contributed by atoms with Crippen LogP contribution in [0.2, 0.25) is 0 Å². The molecular formula is C23H31N2O2+. The standard InChI is InChI=1S/C23H31N2O2/c1-4-10-25-17-11-14(13(5-2)22(25)27)19-18(25)12-23(21(19)26)15-8-6-7-9-16(15)24(3)20(17)23/h4,6-9,13-14,17-22,26-27H,1,5,10-12H2,2-3H3/q+1/t13-,14-,17?,18-,19?,20-,21?,22+,23+,25?/m0/s1. The quantitative estimate of drug-likeness (QED) is 0.636. The van der Waals surface area contributed by atoms with Gasteiger partial charge in [-0.25, -0.2) is 0 Å². The highest BCUT2D eigenvalue weighted by Gasteiger charge is 2.82. The van der Waals surface area contributed by atoms with Crippen molar-refractivity contribution in [3.05, 3.63) is 42.5 Å². The van der Waals surface area contributed by atoms with E-state index < -0.39 is 0 Å². The molecule has 1 aromatic rings. The number of benzene rings is 1. The molecule has 5 fully saturated rings. The number of quaternary nitrogens is 1. The zero-order valence-corrected chi connectivity index (χ0v) is 16.3. The molecule has 0 aromatic heterocycles. The van der Waals surface area contributed by atoms with Crippen molar-refractivity contribution in [3.8, 4) is 0 Å². The van der Waals surface area contributed by atoms with Crippen molar-refractivity contribution >= 4 is 5.69 Å². The molecule has 1 saturated carbocycles. The van der Waals surface area contributed by atoms with Gasteiger partial charge in [0.2, 0.25) is 0 Å². The van der Waals surface area contributed by atoms with Gasteiger partial charge < -0.3 is 15.1 Å². The summed E-state index contributed by atoms with van der Waals surface area (Å²) >= 11 is 0. The Labute approximate surface area is 161 Å². The van der Waals surface area contributed by atoms with Gasteiger partial charge >= 0.3 is 0 Å². The second-order valence-electron chi connectivity index (χ2n) is 9.83. The summed E-state index contributed by atoms with van der Waals surface area (Å²) in [5, 5.41) is 23.5. The first kappa shape index (κ1) is 16.6. The lowest BCUT2D eigenvalue weighted by Crippen LogP contribution is -2.82. The molecule has 0 radical (unpaired) electrons. The second-order valence-corrected chi connectivity index (χ2v) is 9.83. The maximum absolute atomic E-state index is 11.9. The molecule has 4 unspecified atom stereocenters. The number of aliphatic hydroxyl groups excluding tert-OH is 2. The van der Waals surface area contributed by atoms with Gasteiger partial charge in [-0.15, -0.1) is 0 Å². The summed E-state index contributed by atoms with van der Waals surface area (Å²) in [6.07, 6.45) is 4.52. The number of nitrogens with zero attached hydrogens (tertiary/aromatic N) is 2. The van der Waals surface area contributed by atoms with Crippen molar-refractivity contribution in [2.75, 3.05) is 18.5 Å². The number of piperidine rings is 4. The predicted molar refractivity (Wildman–Crippen MR) is 105 cm³/mol. The van der Waals surface area contributed by atoms with Crippen LogP contribution in [0.5, 0.6) is 0 Å². The molecule has 27 heavy (non-hydrogen) atoms. The molecule has 5 aliphatic heterocycles. The van der Waals surface area contributed by atoms with E-state index in [1.165, 1.54) is 11.3 Å². The maximum Gasteiger partial charge on any atom is 0.194 e. The molecule has 1 aliphatic carbocycles. The van der Waals surface area contributed by atoms with Gasteiger partial charge in [0, 0.05) is 37.4 Å². The third kappa shape index (κ3) is 1.47. The third-order valence-electron chi connectivity index (χ3n) is 9.56. The molecule has 144 valence electrons. The third-order valence-corrected chi connectivity index (χ3v) is 9.56. The largest absolute Gasteiger partial charge is 0.392 e. The molecule has 0 amide bonds. The average molecular weight is 368 g/mol. The summed E-state index contributed by atoms with van der Waals surface area (Å²) in [6.45, 7) is 7.10. The van der Waals surface area contributed by atoms with Crippen molar-refractivity contribution in [2.45, 2.75) is 62.1 Å². The minimum atomic E-state index is -0.321. The monoisotopic (exact) mass is 367 g/mol. The lowest BCUT2D eigenvalue weighted by molar-refractivity contribution is -1.03. The summed E-state index contributed by atoms with van der Waals surface area (Å²) in [5.41, 5.74) is 2.47. The maximum atomic E-state index is 11.9. The molecule has 6 aliphatic rings. The van der Waals surface area contributed by atoms with Crippen LogP contribution in [0.4, 0.5) is 5.69 Å². The minimum absolute atomic E-state index is 0.161. The van der Waals surface area contributed by atoms with Crippen LogP contribution < -0.4 is 4.90 Å². The van der Waals surface area contributed by atoms with E-state index in [1.54, 1.807) is 0 Å². The van der Waals surface area contributed by atoms with Crippen molar-refractivity contribution in [1.82, 2.24) is 0 Å². The number of para-hydroxylation sites is 1. The van der Waals surface area contributed by atoms with Gasteiger partial charge in [0.1, 0.15) is 6.04 Å². The van der Waals surface area contributed by atoms with E-state index >= 15 is 0 Å². The van der Waals surface area contributed by atoms with Crippen LogP contribution in [-0.4, -0.2) is 58.7 Å². The van der Waals surface area contributed by atoms with E-state index in [9.17, 15) is 10.2 Å². The topological polar surface area (TPSA) is 43.7 Å².